The van der Waals surface area contributed by atoms with Crippen LogP contribution in [0.5, 0.6) is 0 Å². The maximum atomic E-state index is 12.9. The Hall–Kier alpha value is -2.74. The summed E-state index contributed by atoms with van der Waals surface area (Å²) in [5, 5.41) is 5.73. The lowest BCUT2D eigenvalue weighted by atomic mass is 9.58. The lowest BCUT2D eigenvalue weighted by molar-refractivity contribution is -0.136. The number of imide groups is 2. The molecule has 2 aliphatic heterocycles. The first-order chi connectivity index (χ1) is 14.3. The van der Waals surface area contributed by atoms with Crippen LogP contribution < -0.4 is 16.4 Å². The Labute approximate surface area is 174 Å². The van der Waals surface area contributed by atoms with Gasteiger partial charge in [0.2, 0.25) is 11.8 Å². The minimum atomic E-state index is -0.935. The van der Waals surface area contributed by atoms with Crippen molar-refractivity contribution in [2.75, 3.05) is 5.32 Å². The number of hydrogen-bond acceptors (Lipinski definition) is 6. The summed E-state index contributed by atoms with van der Waals surface area (Å²) >= 11 is 0. The second-order valence-corrected chi connectivity index (χ2v) is 9.29. The van der Waals surface area contributed by atoms with Crippen molar-refractivity contribution in [2.45, 2.75) is 69.5 Å². The number of amides is 4. The van der Waals surface area contributed by atoms with Gasteiger partial charge in [-0.15, -0.1) is 0 Å². The van der Waals surface area contributed by atoms with E-state index in [0.717, 1.165) is 36.3 Å². The molecular formula is C22H26N4O4. The number of hydrogen-bond donors (Lipinski definition) is 3. The number of nitrogens with two attached hydrogens (primary N) is 1. The van der Waals surface area contributed by atoms with E-state index < -0.39 is 23.8 Å². The Bertz CT molecular complexity index is 942. The number of piperidine rings is 1. The van der Waals surface area contributed by atoms with E-state index >= 15 is 0 Å². The Balaban J connectivity index is 1.28. The quantitative estimate of drug-likeness (QED) is 0.650. The van der Waals surface area contributed by atoms with Gasteiger partial charge in [0, 0.05) is 24.2 Å². The van der Waals surface area contributed by atoms with Gasteiger partial charge in [-0.25, -0.2) is 0 Å². The van der Waals surface area contributed by atoms with Crippen molar-refractivity contribution in [1.82, 2.24) is 10.2 Å². The van der Waals surface area contributed by atoms with Gasteiger partial charge in [-0.1, -0.05) is 0 Å². The van der Waals surface area contributed by atoms with Gasteiger partial charge in [-0.2, -0.15) is 0 Å². The van der Waals surface area contributed by atoms with E-state index in [1.807, 2.05) is 6.07 Å². The van der Waals surface area contributed by atoms with Crippen LogP contribution in [0.2, 0.25) is 0 Å². The summed E-state index contributed by atoms with van der Waals surface area (Å²) in [4.78, 5) is 50.3. The molecule has 8 nitrogen and oxygen atoms in total. The zero-order valence-electron chi connectivity index (χ0n) is 16.8. The normalized spacial score (nSPS) is 33.4. The van der Waals surface area contributed by atoms with Gasteiger partial charge in [0.05, 0.1) is 11.1 Å². The number of rotatable bonds is 3. The highest BCUT2D eigenvalue weighted by atomic mass is 16.2. The van der Waals surface area contributed by atoms with Crippen LogP contribution in [0.25, 0.3) is 0 Å². The first-order valence-electron chi connectivity index (χ1n) is 10.7. The maximum absolute atomic E-state index is 12.9. The van der Waals surface area contributed by atoms with Crippen molar-refractivity contribution >= 4 is 29.3 Å². The average molecular weight is 410 g/mol. The van der Waals surface area contributed by atoms with Gasteiger partial charge in [0.1, 0.15) is 6.04 Å². The molecule has 4 N–H and O–H groups in total. The molecule has 1 unspecified atom stereocenters. The van der Waals surface area contributed by atoms with Crippen LogP contribution in [-0.2, 0) is 9.59 Å². The Morgan fingerprint density at radius 3 is 2.37 bits per heavy atom. The van der Waals surface area contributed by atoms with E-state index in [4.69, 9.17) is 5.73 Å². The van der Waals surface area contributed by atoms with Crippen LogP contribution in [0.3, 0.4) is 0 Å². The van der Waals surface area contributed by atoms with Crippen LogP contribution in [0.4, 0.5) is 5.69 Å². The molecule has 2 heterocycles. The third-order valence-corrected chi connectivity index (χ3v) is 7.25. The summed E-state index contributed by atoms with van der Waals surface area (Å²) in [6.07, 6.45) is 7.02. The minimum Gasteiger partial charge on any atom is -0.382 e. The first-order valence-corrected chi connectivity index (χ1v) is 10.7. The van der Waals surface area contributed by atoms with E-state index in [1.165, 1.54) is 12.8 Å². The largest absolute Gasteiger partial charge is 0.382 e. The monoisotopic (exact) mass is 410 g/mol. The highest BCUT2D eigenvalue weighted by Crippen LogP contribution is 2.51. The van der Waals surface area contributed by atoms with E-state index in [0.29, 0.717) is 28.6 Å². The van der Waals surface area contributed by atoms with Crippen LogP contribution in [-0.4, -0.2) is 46.7 Å². The van der Waals surface area contributed by atoms with Gasteiger partial charge in [0.25, 0.3) is 11.8 Å². The fourth-order valence-corrected chi connectivity index (χ4v) is 5.63. The highest BCUT2D eigenvalue weighted by molar-refractivity contribution is 6.23. The number of nitrogens with one attached hydrogen (secondary N) is 2. The van der Waals surface area contributed by atoms with Gasteiger partial charge >= 0.3 is 0 Å². The predicted molar refractivity (Wildman–Crippen MR) is 109 cm³/mol. The predicted octanol–water partition coefficient (Wildman–Crippen LogP) is 1.55. The molecule has 4 amide bonds. The lowest BCUT2D eigenvalue weighted by Gasteiger charge is -2.50. The topological polar surface area (TPSA) is 122 Å². The number of carbonyl (C=O) groups is 4. The number of carbonyl (C=O) groups excluding carboxylic acids is 4. The molecule has 0 aromatic heterocycles. The second kappa shape index (κ2) is 6.91. The third kappa shape index (κ3) is 3.10. The standard InChI is InChI=1S/C22H26N4O4/c23-12-10-22(11-12)7-5-13(6-8-22)24-14-1-2-15-16(9-14)21(30)26(20(15)29)17-3-4-18(27)25-19(17)28/h1-2,9,12-13,17,24H,3-8,10-11,23H2,(H,25,27,28). The molecule has 1 aromatic rings. The zero-order valence-corrected chi connectivity index (χ0v) is 16.8. The number of benzene rings is 1. The second-order valence-electron chi connectivity index (χ2n) is 9.29. The Kier molecular flexibility index (Phi) is 4.43. The van der Waals surface area contributed by atoms with E-state index in [2.05, 4.69) is 10.6 Å². The molecule has 4 aliphatic rings. The molecule has 2 saturated carbocycles. The summed E-state index contributed by atoms with van der Waals surface area (Å²) in [6.45, 7) is 0. The molecule has 1 saturated heterocycles. The molecule has 8 heteroatoms. The summed E-state index contributed by atoms with van der Waals surface area (Å²) in [5.41, 5.74) is 7.85. The minimum absolute atomic E-state index is 0.116. The van der Waals surface area contributed by atoms with Crippen molar-refractivity contribution < 1.29 is 19.2 Å². The van der Waals surface area contributed by atoms with Crippen molar-refractivity contribution in [3.05, 3.63) is 29.3 Å². The van der Waals surface area contributed by atoms with Gasteiger partial charge in [0.15, 0.2) is 0 Å². The molecule has 5 rings (SSSR count). The summed E-state index contributed by atoms with van der Waals surface area (Å²) in [6, 6.07) is 4.95. The SMILES string of the molecule is NC1CC2(CCC(Nc3ccc4c(c3)C(=O)N(C3CCC(=O)NC3=O)C4=O)CC2)C1. The van der Waals surface area contributed by atoms with Crippen LogP contribution in [0, 0.1) is 5.41 Å². The smallest absolute Gasteiger partial charge is 0.262 e. The van der Waals surface area contributed by atoms with Gasteiger partial charge < -0.3 is 11.1 Å². The van der Waals surface area contributed by atoms with Crippen LogP contribution >= 0.6 is 0 Å². The molecule has 158 valence electrons. The Morgan fingerprint density at radius 1 is 1.00 bits per heavy atom. The maximum Gasteiger partial charge on any atom is 0.262 e. The molecule has 2 aliphatic carbocycles. The molecule has 30 heavy (non-hydrogen) atoms. The molecule has 1 spiro atoms. The molecule has 0 radical (unpaired) electrons. The average Bonchev–Trinajstić information content (AvgIpc) is 2.93. The fourth-order valence-electron chi connectivity index (χ4n) is 5.63. The first kappa shape index (κ1) is 19.2. The number of anilines is 1. The molecule has 1 aromatic carbocycles. The lowest BCUT2D eigenvalue weighted by Crippen LogP contribution is -2.54. The number of fused-ring (bicyclic) bond motifs is 1. The third-order valence-electron chi connectivity index (χ3n) is 7.25. The molecule has 3 fully saturated rings. The van der Waals surface area contributed by atoms with Gasteiger partial charge in [-0.3, -0.25) is 29.4 Å². The van der Waals surface area contributed by atoms with Crippen LogP contribution in [0.15, 0.2) is 18.2 Å². The zero-order chi connectivity index (χ0) is 21.0. The fraction of sp³-hybridized carbons (Fsp3) is 0.545. The van der Waals surface area contributed by atoms with E-state index in [-0.39, 0.29) is 18.7 Å². The van der Waals surface area contributed by atoms with Crippen LogP contribution in [0.1, 0.15) is 72.1 Å². The summed E-state index contributed by atoms with van der Waals surface area (Å²) in [7, 11) is 0. The number of nitrogens with zero attached hydrogens (tertiary/aromatic N) is 1. The summed E-state index contributed by atoms with van der Waals surface area (Å²) < 4.78 is 0. The van der Waals surface area contributed by atoms with Crippen molar-refractivity contribution in [1.29, 1.82) is 0 Å². The van der Waals surface area contributed by atoms with Crippen molar-refractivity contribution in [3.63, 3.8) is 0 Å². The Morgan fingerprint density at radius 2 is 1.70 bits per heavy atom. The van der Waals surface area contributed by atoms with E-state index in [1.54, 1.807) is 12.1 Å². The van der Waals surface area contributed by atoms with Gasteiger partial charge in [-0.05, 0) is 68.6 Å². The highest BCUT2D eigenvalue weighted by Gasteiger charge is 2.46. The summed E-state index contributed by atoms with van der Waals surface area (Å²) in [5.74, 6) is -1.92. The molecule has 1 atom stereocenters. The molecular weight excluding hydrogens is 384 g/mol. The van der Waals surface area contributed by atoms with Crippen molar-refractivity contribution in [2.24, 2.45) is 11.1 Å². The van der Waals surface area contributed by atoms with E-state index in [9.17, 15) is 19.2 Å². The molecule has 0 bridgehead atoms. The van der Waals surface area contributed by atoms with Crippen molar-refractivity contribution in [3.8, 4) is 0 Å².